The van der Waals surface area contributed by atoms with Crippen molar-refractivity contribution in [3.8, 4) is 0 Å². The first-order valence-electron chi connectivity index (χ1n) is 6.23. The van der Waals surface area contributed by atoms with Gasteiger partial charge in [-0.25, -0.2) is 0 Å². The number of carbonyl (C=O) groups is 1. The van der Waals surface area contributed by atoms with Gasteiger partial charge in [0.1, 0.15) is 0 Å². The highest BCUT2D eigenvalue weighted by Crippen LogP contribution is 2.23. The number of benzene rings is 2. The monoisotopic (exact) mass is 346 g/mol. The SMILES string of the molecule is CSc1ccc(/C=C(\C(C)=O)c2ccc(Br)cc2)cc1. The minimum Gasteiger partial charge on any atom is -0.294 e. The number of Topliss-reactive ketones (excluding diaryl/α,β-unsaturated/α-hetero) is 1. The van der Waals surface area contributed by atoms with Gasteiger partial charge in [-0.3, -0.25) is 4.79 Å². The molecule has 1 nitrogen and oxygen atoms in total. The number of halogens is 1. The number of hydrogen-bond acceptors (Lipinski definition) is 2. The molecular weight excluding hydrogens is 332 g/mol. The molecule has 0 saturated heterocycles. The van der Waals surface area contributed by atoms with E-state index in [9.17, 15) is 4.79 Å². The average Bonchev–Trinajstić information content (AvgIpc) is 2.46. The Balaban J connectivity index is 2.39. The Kier molecular flexibility index (Phi) is 5.21. The third kappa shape index (κ3) is 3.84. The molecule has 0 radical (unpaired) electrons. The Morgan fingerprint density at radius 2 is 1.65 bits per heavy atom. The summed E-state index contributed by atoms with van der Waals surface area (Å²) in [5, 5.41) is 0. The predicted molar refractivity (Wildman–Crippen MR) is 90.9 cm³/mol. The van der Waals surface area contributed by atoms with Gasteiger partial charge in [0.25, 0.3) is 0 Å². The molecule has 0 amide bonds. The van der Waals surface area contributed by atoms with Gasteiger partial charge in [0, 0.05) is 14.9 Å². The number of rotatable bonds is 4. The summed E-state index contributed by atoms with van der Waals surface area (Å²) in [5.74, 6) is 0.0706. The van der Waals surface area contributed by atoms with Crippen molar-refractivity contribution < 1.29 is 4.79 Å². The zero-order valence-corrected chi connectivity index (χ0v) is 13.8. The van der Waals surface area contributed by atoms with Crippen LogP contribution < -0.4 is 0 Å². The molecular formula is C17H15BrOS. The molecule has 2 aromatic rings. The second kappa shape index (κ2) is 6.91. The zero-order valence-electron chi connectivity index (χ0n) is 11.4. The quantitative estimate of drug-likeness (QED) is 0.424. The summed E-state index contributed by atoms with van der Waals surface area (Å²) in [6, 6.07) is 16.0. The topological polar surface area (TPSA) is 17.1 Å². The summed E-state index contributed by atoms with van der Waals surface area (Å²) in [5.41, 5.74) is 2.71. The van der Waals surface area contributed by atoms with E-state index in [1.54, 1.807) is 18.7 Å². The van der Waals surface area contributed by atoms with Gasteiger partial charge in [-0.2, -0.15) is 0 Å². The van der Waals surface area contributed by atoms with Crippen LogP contribution in [0.5, 0.6) is 0 Å². The van der Waals surface area contributed by atoms with Gasteiger partial charge < -0.3 is 0 Å². The summed E-state index contributed by atoms with van der Waals surface area (Å²) in [6.45, 7) is 1.60. The fraction of sp³-hybridized carbons (Fsp3) is 0.118. The van der Waals surface area contributed by atoms with Crippen molar-refractivity contribution in [2.75, 3.05) is 6.26 Å². The molecule has 0 N–H and O–H groups in total. The Hall–Kier alpha value is -1.32. The molecule has 0 atom stereocenters. The Labute approximate surface area is 132 Å². The molecule has 3 heteroatoms. The van der Waals surface area contributed by atoms with Crippen molar-refractivity contribution in [2.45, 2.75) is 11.8 Å². The Bertz CT molecular complexity index is 627. The van der Waals surface area contributed by atoms with Crippen LogP contribution in [-0.2, 0) is 4.79 Å². The molecule has 0 aliphatic carbocycles. The molecule has 0 spiro atoms. The van der Waals surface area contributed by atoms with Crippen molar-refractivity contribution in [3.63, 3.8) is 0 Å². The molecule has 0 unspecified atom stereocenters. The van der Waals surface area contributed by atoms with Gasteiger partial charge in [0.2, 0.25) is 0 Å². The van der Waals surface area contributed by atoms with Crippen LogP contribution in [0, 0.1) is 0 Å². The maximum absolute atomic E-state index is 11.9. The molecule has 20 heavy (non-hydrogen) atoms. The standard InChI is InChI=1S/C17H15BrOS/c1-12(19)17(14-5-7-15(18)8-6-14)11-13-3-9-16(20-2)10-4-13/h3-11H,1-2H3/b17-11+. The molecule has 0 saturated carbocycles. The number of carbonyl (C=O) groups excluding carboxylic acids is 1. The van der Waals surface area contributed by atoms with Crippen molar-refractivity contribution in [1.29, 1.82) is 0 Å². The largest absolute Gasteiger partial charge is 0.294 e. The molecule has 0 aliphatic rings. The Morgan fingerprint density at radius 3 is 2.15 bits per heavy atom. The van der Waals surface area contributed by atoms with Crippen LogP contribution in [0.15, 0.2) is 57.9 Å². The second-order valence-electron chi connectivity index (χ2n) is 4.39. The van der Waals surface area contributed by atoms with E-state index in [1.807, 2.05) is 48.7 Å². The van der Waals surface area contributed by atoms with Gasteiger partial charge in [-0.15, -0.1) is 11.8 Å². The number of allylic oxidation sites excluding steroid dienone is 1. The minimum atomic E-state index is 0.0706. The smallest absolute Gasteiger partial charge is 0.160 e. The van der Waals surface area contributed by atoms with E-state index in [4.69, 9.17) is 0 Å². The molecule has 0 aromatic heterocycles. The molecule has 0 aliphatic heterocycles. The van der Waals surface area contributed by atoms with Gasteiger partial charge in [-0.05, 0) is 54.6 Å². The first kappa shape index (κ1) is 15.1. The van der Waals surface area contributed by atoms with Gasteiger partial charge in [0.05, 0.1) is 0 Å². The van der Waals surface area contributed by atoms with Crippen molar-refractivity contribution in [1.82, 2.24) is 0 Å². The molecule has 0 fully saturated rings. The maximum atomic E-state index is 11.9. The molecule has 102 valence electrons. The third-order valence-electron chi connectivity index (χ3n) is 2.96. The van der Waals surface area contributed by atoms with Gasteiger partial charge >= 0.3 is 0 Å². The number of thioether (sulfide) groups is 1. The lowest BCUT2D eigenvalue weighted by Gasteiger charge is -2.05. The van der Waals surface area contributed by atoms with Crippen LogP contribution in [0.4, 0.5) is 0 Å². The maximum Gasteiger partial charge on any atom is 0.160 e. The molecule has 0 heterocycles. The van der Waals surface area contributed by atoms with E-state index in [0.29, 0.717) is 0 Å². The van der Waals surface area contributed by atoms with E-state index in [1.165, 1.54) is 4.90 Å². The summed E-state index contributed by atoms with van der Waals surface area (Å²) in [4.78, 5) is 13.1. The molecule has 0 bridgehead atoms. The summed E-state index contributed by atoms with van der Waals surface area (Å²) >= 11 is 5.12. The first-order valence-corrected chi connectivity index (χ1v) is 8.24. The van der Waals surface area contributed by atoms with Crippen molar-refractivity contribution >= 4 is 45.1 Å². The second-order valence-corrected chi connectivity index (χ2v) is 6.19. The van der Waals surface area contributed by atoms with Crippen LogP contribution in [-0.4, -0.2) is 12.0 Å². The Morgan fingerprint density at radius 1 is 1.05 bits per heavy atom. The highest BCUT2D eigenvalue weighted by molar-refractivity contribution is 9.10. The van der Waals surface area contributed by atoms with E-state index >= 15 is 0 Å². The highest BCUT2D eigenvalue weighted by atomic mass is 79.9. The number of hydrogen-bond donors (Lipinski definition) is 0. The minimum absolute atomic E-state index is 0.0706. The van der Waals surface area contributed by atoms with Crippen LogP contribution in [0.1, 0.15) is 18.1 Å². The third-order valence-corrected chi connectivity index (χ3v) is 4.23. The lowest BCUT2D eigenvalue weighted by molar-refractivity contribution is -0.111. The highest BCUT2D eigenvalue weighted by Gasteiger charge is 2.07. The first-order chi connectivity index (χ1) is 9.60. The summed E-state index contributed by atoms with van der Waals surface area (Å²) in [7, 11) is 0. The molecule has 2 aromatic carbocycles. The fourth-order valence-corrected chi connectivity index (χ4v) is 2.56. The van der Waals surface area contributed by atoms with Crippen molar-refractivity contribution in [2.24, 2.45) is 0 Å². The van der Waals surface area contributed by atoms with Crippen LogP contribution >= 0.6 is 27.7 Å². The predicted octanol–water partition coefficient (Wildman–Crippen LogP) is 5.30. The fourth-order valence-electron chi connectivity index (χ4n) is 1.88. The van der Waals surface area contributed by atoms with Crippen LogP contribution in [0.2, 0.25) is 0 Å². The van der Waals surface area contributed by atoms with Gasteiger partial charge in [0.15, 0.2) is 5.78 Å². The normalized spacial score (nSPS) is 11.4. The summed E-state index contributed by atoms with van der Waals surface area (Å²) < 4.78 is 1.01. The van der Waals surface area contributed by atoms with E-state index in [2.05, 4.69) is 28.1 Å². The van der Waals surface area contributed by atoms with E-state index in [-0.39, 0.29) is 5.78 Å². The van der Waals surface area contributed by atoms with Crippen molar-refractivity contribution in [3.05, 3.63) is 64.1 Å². The zero-order chi connectivity index (χ0) is 14.5. The number of ketones is 1. The van der Waals surface area contributed by atoms with Crippen LogP contribution in [0.3, 0.4) is 0 Å². The van der Waals surface area contributed by atoms with Gasteiger partial charge in [-0.1, -0.05) is 40.2 Å². The van der Waals surface area contributed by atoms with E-state index < -0.39 is 0 Å². The molecule has 2 rings (SSSR count). The van der Waals surface area contributed by atoms with Crippen LogP contribution in [0.25, 0.3) is 11.6 Å². The lowest BCUT2D eigenvalue weighted by Crippen LogP contribution is -1.95. The average molecular weight is 347 g/mol. The van der Waals surface area contributed by atoms with E-state index in [0.717, 1.165) is 21.2 Å². The summed E-state index contributed by atoms with van der Waals surface area (Å²) in [6.07, 6.45) is 3.99. The lowest BCUT2D eigenvalue weighted by atomic mass is 10.00.